The summed E-state index contributed by atoms with van der Waals surface area (Å²) in [5.74, 6) is 0. The topological polar surface area (TPSA) is 55.5 Å². The maximum Gasteiger partial charge on any atom is 0.0945 e. The maximum atomic E-state index is 10.8. The Morgan fingerprint density at radius 2 is 1.81 bits per heavy atom. The van der Waals surface area contributed by atoms with Gasteiger partial charge in [-0.25, -0.2) is 0 Å². The summed E-state index contributed by atoms with van der Waals surface area (Å²) in [6, 6.07) is 0. The fourth-order valence-electron chi connectivity index (χ4n) is 3.13. The Bertz CT molecular complexity index is 200. The molecule has 0 bridgehead atoms. The standard InChI is InChI=1S/C13H27NO2/c1-3-13(15,11-16-2)12(10-14)8-6-4-5-7-9-12/h15H,3-11,14H2,1-2H3. The summed E-state index contributed by atoms with van der Waals surface area (Å²) in [5, 5.41) is 10.8. The van der Waals surface area contributed by atoms with Crippen LogP contribution in [-0.2, 0) is 4.74 Å². The normalized spacial score (nSPS) is 24.8. The lowest BCUT2D eigenvalue weighted by Gasteiger charge is -2.46. The van der Waals surface area contributed by atoms with Crippen LogP contribution in [0.15, 0.2) is 0 Å². The van der Waals surface area contributed by atoms with Crippen LogP contribution in [0.5, 0.6) is 0 Å². The molecule has 0 amide bonds. The summed E-state index contributed by atoms with van der Waals surface area (Å²) in [6.45, 7) is 3.00. The van der Waals surface area contributed by atoms with E-state index in [4.69, 9.17) is 10.5 Å². The Labute approximate surface area is 99.4 Å². The number of hydrogen-bond donors (Lipinski definition) is 2. The first-order valence-electron chi connectivity index (χ1n) is 6.55. The molecule has 1 saturated carbocycles. The quantitative estimate of drug-likeness (QED) is 0.710. The number of methoxy groups -OCH3 is 1. The van der Waals surface area contributed by atoms with Crippen molar-refractivity contribution in [1.29, 1.82) is 0 Å². The van der Waals surface area contributed by atoms with Crippen LogP contribution in [0.25, 0.3) is 0 Å². The second-order valence-corrected chi connectivity index (χ2v) is 5.22. The van der Waals surface area contributed by atoms with E-state index in [1.807, 2.05) is 6.92 Å². The van der Waals surface area contributed by atoms with Crippen molar-refractivity contribution in [3.8, 4) is 0 Å². The number of aliphatic hydroxyl groups is 1. The predicted octanol–water partition coefficient (Wildman–Crippen LogP) is 2.07. The van der Waals surface area contributed by atoms with Gasteiger partial charge < -0.3 is 15.6 Å². The summed E-state index contributed by atoms with van der Waals surface area (Å²) >= 11 is 0. The second kappa shape index (κ2) is 5.99. The van der Waals surface area contributed by atoms with Crippen LogP contribution in [0.4, 0.5) is 0 Å². The van der Waals surface area contributed by atoms with Gasteiger partial charge in [0.2, 0.25) is 0 Å². The number of hydrogen-bond acceptors (Lipinski definition) is 3. The minimum absolute atomic E-state index is 0.131. The van der Waals surface area contributed by atoms with E-state index in [2.05, 4.69) is 0 Å². The van der Waals surface area contributed by atoms with Gasteiger partial charge in [-0.05, 0) is 19.3 Å². The van der Waals surface area contributed by atoms with Gasteiger partial charge in [-0.15, -0.1) is 0 Å². The monoisotopic (exact) mass is 229 g/mol. The van der Waals surface area contributed by atoms with Crippen molar-refractivity contribution in [3.05, 3.63) is 0 Å². The third-order valence-electron chi connectivity index (χ3n) is 4.41. The van der Waals surface area contributed by atoms with Crippen LogP contribution >= 0.6 is 0 Å². The highest BCUT2D eigenvalue weighted by Crippen LogP contribution is 2.44. The number of rotatable bonds is 5. The van der Waals surface area contributed by atoms with Crippen molar-refractivity contribution < 1.29 is 9.84 Å². The van der Waals surface area contributed by atoms with E-state index < -0.39 is 5.60 Å². The van der Waals surface area contributed by atoms with E-state index in [9.17, 15) is 5.11 Å². The zero-order valence-corrected chi connectivity index (χ0v) is 10.8. The minimum Gasteiger partial charge on any atom is -0.387 e. The summed E-state index contributed by atoms with van der Waals surface area (Å²) in [5.41, 5.74) is 5.10. The maximum absolute atomic E-state index is 10.8. The lowest BCUT2D eigenvalue weighted by atomic mass is 9.66. The van der Waals surface area contributed by atoms with Crippen molar-refractivity contribution in [3.63, 3.8) is 0 Å². The van der Waals surface area contributed by atoms with Crippen molar-refractivity contribution in [1.82, 2.24) is 0 Å². The SMILES string of the molecule is CCC(O)(COC)C1(CN)CCCCCC1. The third kappa shape index (κ3) is 2.58. The number of nitrogens with two attached hydrogens (primary N) is 1. The second-order valence-electron chi connectivity index (χ2n) is 5.22. The lowest BCUT2D eigenvalue weighted by Crippen LogP contribution is -2.55. The van der Waals surface area contributed by atoms with Gasteiger partial charge in [-0.2, -0.15) is 0 Å². The predicted molar refractivity (Wildman–Crippen MR) is 66.3 cm³/mol. The molecular formula is C13H27NO2. The van der Waals surface area contributed by atoms with Crippen molar-refractivity contribution >= 4 is 0 Å². The molecule has 3 nitrogen and oxygen atoms in total. The van der Waals surface area contributed by atoms with Crippen LogP contribution in [0.2, 0.25) is 0 Å². The summed E-state index contributed by atoms with van der Waals surface area (Å²) in [6.07, 6.45) is 7.71. The summed E-state index contributed by atoms with van der Waals surface area (Å²) in [7, 11) is 1.65. The first kappa shape index (κ1) is 13.9. The molecule has 3 N–H and O–H groups in total. The Morgan fingerprint density at radius 3 is 2.19 bits per heavy atom. The van der Waals surface area contributed by atoms with Gasteiger partial charge in [0.15, 0.2) is 0 Å². The van der Waals surface area contributed by atoms with E-state index in [1.165, 1.54) is 25.7 Å². The molecule has 0 radical (unpaired) electrons. The lowest BCUT2D eigenvalue weighted by molar-refractivity contribution is -0.131. The largest absolute Gasteiger partial charge is 0.387 e. The fourth-order valence-corrected chi connectivity index (χ4v) is 3.13. The van der Waals surface area contributed by atoms with Crippen LogP contribution in [0, 0.1) is 5.41 Å². The van der Waals surface area contributed by atoms with Crippen LogP contribution in [0.3, 0.4) is 0 Å². The number of ether oxygens (including phenoxy) is 1. The van der Waals surface area contributed by atoms with Gasteiger partial charge in [0.05, 0.1) is 12.2 Å². The van der Waals surface area contributed by atoms with E-state index >= 15 is 0 Å². The molecule has 1 atom stereocenters. The molecule has 0 saturated heterocycles. The van der Waals surface area contributed by atoms with Crippen molar-refractivity contribution in [2.75, 3.05) is 20.3 Å². The average Bonchev–Trinajstić information content (AvgIpc) is 2.55. The van der Waals surface area contributed by atoms with Gasteiger partial charge >= 0.3 is 0 Å². The van der Waals surface area contributed by atoms with Gasteiger partial charge in [-0.3, -0.25) is 0 Å². The third-order valence-corrected chi connectivity index (χ3v) is 4.41. The molecule has 1 rings (SSSR count). The first-order chi connectivity index (χ1) is 7.64. The molecule has 0 spiro atoms. The Balaban J connectivity index is 2.89. The van der Waals surface area contributed by atoms with Gasteiger partial charge in [0.1, 0.15) is 0 Å². The summed E-state index contributed by atoms with van der Waals surface area (Å²) < 4.78 is 5.21. The van der Waals surface area contributed by atoms with E-state index in [0.717, 1.165) is 19.3 Å². The zero-order chi connectivity index (χ0) is 12.1. The van der Waals surface area contributed by atoms with E-state index in [0.29, 0.717) is 13.2 Å². The van der Waals surface area contributed by atoms with Gasteiger partial charge in [0.25, 0.3) is 0 Å². The van der Waals surface area contributed by atoms with Crippen LogP contribution in [0.1, 0.15) is 51.9 Å². The molecule has 1 aliphatic carbocycles. The molecular weight excluding hydrogens is 202 g/mol. The molecule has 0 aromatic rings. The van der Waals surface area contributed by atoms with E-state index in [-0.39, 0.29) is 5.41 Å². The molecule has 16 heavy (non-hydrogen) atoms. The molecule has 3 heteroatoms. The zero-order valence-electron chi connectivity index (χ0n) is 10.8. The van der Waals surface area contributed by atoms with Crippen LogP contribution < -0.4 is 5.73 Å². The molecule has 96 valence electrons. The molecule has 1 unspecified atom stereocenters. The Morgan fingerprint density at radius 1 is 1.25 bits per heavy atom. The Hall–Kier alpha value is -0.120. The average molecular weight is 229 g/mol. The van der Waals surface area contributed by atoms with Crippen LogP contribution in [-0.4, -0.2) is 31.0 Å². The van der Waals surface area contributed by atoms with Gasteiger partial charge in [0, 0.05) is 19.1 Å². The molecule has 0 aromatic carbocycles. The highest BCUT2D eigenvalue weighted by atomic mass is 16.5. The highest BCUT2D eigenvalue weighted by Gasteiger charge is 2.47. The Kier molecular flexibility index (Phi) is 5.22. The summed E-state index contributed by atoms with van der Waals surface area (Å²) in [4.78, 5) is 0. The minimum atomic E-state index is -0.749. The van der Waals surface area contributed by atoms with Gasteiger partial charge in [-0.1, -0.05) is 32.6 Å². The van der Waals surface area contributed by atoms with E-state index in [1.54, 1.807) is 7.11 Å². The molecule has 1 fully saturated rings. The smallest absolute Gasteiger partial charge is 0.0945 e. The first-order valence-corrected chi connectivity index (χ1v) is 6.55. The van der Waals surface area contributed by atoms with Crippen molar-refractivity contribution in [2.24, 2.45) is 11.1 Å². The molecule has 0 aliphatic heterocycles. The fraction of sp³-hybridized carbons (Fsp3) is 1.00. The highest BCUT2D eigenvalue weighted by molar-refractivity contribution is 4.99. The van der Waals surface area contributed by atoms with Crippen molar-refractivity contribution in [2.45, 2.75) is 57.5 Å². The molecule has 0 aromatic heterocycles. The molecule has 1 aliphatic rings. The molecule has 0 heterocycles.